The highest BCUT2D eigenvalue weighted by atomic mass is 16.6. The molecule has 5 rings (SSSR count). The second-order valence-corrected chi connectivity index (χ2v) is 7.42. The van der Waals surface area contributed by atoms with Crippen LogP contribution in [0.15, 0.2) is 53.4 Å². The second kappa shape index (κ2) is 8.10. The van der Waals surface area contributed by atoms with Gasteiger partial charge in [0.25, 0.3) is 0 Å². The van der Waals surface area contributed by atoms with Crippen molar-refractivity contribution < 1.29 is 14.1 Å². The molecule has 11 nitrogen and oxygen atoms in total. The van der Waals surface area contributed by atoms with Crippen LogP contribution in [0.25, 0.3) is 22.6 Å². The van der Waals surface area contributed by atoms with Gasteiger partial charge in [0.1, 0.15) is 18.1 Å². The topological polar surface area (TPSA) is 124 Å². The molecule has 0 aliphatic carbocycles. The highest BCUT2D eigenvalue weighted by molar-refractivity contribution is 5.90. The summed E-state index contributed by atoms with van der Waals surface area (Å²) < 4.78 is 10.3. The molecule has 1 saturated heterocycles. The Morgan fingerprint density at radius 2 is 2.12 bits per heavy atom. The molecule has 4 heterocycles. The number of ether oxygens (including phenoxy) is 1. The molecule has 1 atom stereocenters. The van der Waals surface area contributed by atoms with Gasteiger partial charge in [-0.2, -0.15) is 4.80 Å². The van der Waals surface area contributed by atoms with Gasteiger partial charge in [0.05, 0.1) is 20.1 Å². The minimum absolute atomic E-state index is 0.286. The molecule has 32 heavy (non-hydrogen) atoms. The van der Waals surface area contributed by atoms with Gasteiger partial charge in [-0.15, -0.1) is 10.2 Å². The first-order chi connectivity index (χ1) is 15.6. The number of tetrazole rings is 1. The molecule has 1 aromatic carbocycles. The molecule has 11 heteroatoms. The highest BCUT2D eigenvalue weighted by Gasteiger charge is 2.32. The van der Waals surface area contributed by atoms with Crippen molar-refractivity contribution in [1.29, 1.82) is 0 Å². The summed E-state index contributed by atoms with van der Waals surface area (Å²) in [5, 5.41) is 18.9. The van der Waals surface area contributed by atoms with E-state index in [1.165, 1.54) is 11.1 Å². The summed E-state index contributed by atoms with van der Waals surface area (Å²) in [5.74, 6) is 1.08. The number of pyridine rings is 1. The number of aryl methyl sites for hydroxylation is 2. The molecule has 0 radical (unpaired) electrons. The number of carbonyl (C=O) groups excluding carboxylic acids is 1. The van der Waals surface area contributed by atoms with Gasteiger partial charge in [-0.05, 0) is 41.5 Å². The van der Waals surface area contributed by atoms with E-state index in [0.717, 1.165) is 22.4 Å². The van der Waals surface area contributed by atoms with Gasteiger partial charge in [0.15, 0.2) is 5.82 Å². The molecule has 1 amide bonds. The van der Waals surface area contributed by atoms with Gasteiger partial charge in [0.2, 0.25) is 5.82 Å². The number of nitrogens with zero attached hydrogens (tertiary/aromatic N) is 7. The third-order valence-electron chi connectivity index (χ3n) is 5.16. The van der Waals surface area contributed by atoms with Crippen LogP contribution in [0.2, 0.25) is 0 Å². The van der Waals surface area contributed by atoms with Crippen LogP contribution >= 0.6 is 0 Å². The Labute approximate surface area is 183 Å². The van der Waals surface area contributed by atoms with E-state index in [2.05, 4.69) is 30.9 Å². The highest BCUT2D eigenvalue weighted by Crippen LogP contribution is 2.30. The number of hydrogen-bond donors (Lipinski definition) is 1. The van der Waals surface area contributed by atoms with E-state index in [-0.39, 0.29) is 12.2 Å². The predicted octanol–water partition coefficient (Wildman–Crippen LogP) is 2.67. The van der Waals surface area contributed by atoms with Crippen LogP contribution in [-0.4, -0.2) is 55.6 Å². The number of carbonyl (C=O) groups is 1. The van der Waals surface area contributed by atoms with Crippen LogP contribution in [-0.2, 0) is 11.8 Å². The van der Waals surface area contributed by atoms with Gasteiger partial charge in [0, 0.05) is 23.5 Å². The number of benzene rings is 1. The van der Waals surface area contributed by atoms with E-state index in [0.29, 0.717) is 30.4 Å². The molecule has 0 spiro atoms. The molecule has 1 aliphatic heterocycles. The van der Waals surface area contributed by atoms with Crippen molar-refractivity contribution in [2.75, 3.05) is 23.3 Å². The Kier molecular flexibility index (Phi) is 4.98. The Bertz CT molecular complexity index is 1240. The average Bonchev–Trinajstić information content (AvgIpc) is 3.54. The summed E-state index contributed by atoms with van der Waals surface area (Å²) in [6.45, 7) is 2.90. The number of nitrogens with one attached hydrogen (secondary N) is 1. The molecular weight excluding hydrogens is 412 g/mol. The lowest BCUT2D eigenvalue weighted by molar-refractivity contribution is 0.147. The molecule has 3 aromatic heterocycles. The molecule has 1 N–H and O–H groups in total. The van der Waals surface area contributed by atoms with E-state index in [9.17, 15) is 4.79 Å². The molecule has 4 aromatic rings. The molecule has 0 unspecified atom stereocenters. The second-order valence-electron chi connectivity index (χ2n) is 7.42. The van der Waals surface area contributed by atoms with Crippen LogP contribution in [0.1, 0.15) is 5.56 Å². The first-order valence-corrected chi connectivity index (χ1v) is 10.0. The molecule has 1 fully saturated rings. The summed E-state index contributed by atoms with van der Waals surface area (Å²) in [7, 11) is 1.71. The van der Waals surface area contributed by atoms with E-state index in [1.807, 2.05) is 37.3 Å². The van der Waals surface area contributed by atoms with Gasteiger partial charge in [-0.3, -0.25) is 9.88 Å². The Morgan fingerprint density at radius 3 is 2.81 bits per heavy atom. The standard InChI is InChI=1S/C21H20N8O3/c1-13-9-15(29-12-16(32-21(29)30)11-23-19-7-8-31-26-19)4-5-17(13)14-3-6-18(22-10-14)20-24-27-28(2)25-20/h3-10,16H,11-12H2,1-2H3,(H,23,26)/t16-/m0/s1. The number of cyclic esters (lactones) is 1. The van der Waals surface area contributed by atoms with Crippen LogP contribution in [0.5, 0.6) is 0 Å². The summed E-state index contributed by atoms with van der Waals surface area (Å²) in [4.78, 5) is 19.9. The Morgan fingerprint density at radius 1 is 1.22 bits per heavy atom. The van der Waals surface area contributed by atoms with Crippen molar-refractivity contribution in [3.05, 3.63) is 54.4 Å². The summed E-state index contributed by atoms with van der Waals surface area (Å²) in [5.41, 5.74) is 4.44. The minimum atomic E-state index is -0.369. The molecule has 1 aliphatic rings. The Hall–Kier alpha value is -4.28. The van der Waals surface area contributed by atoms with Gasteiger partial charge in [-0.25, -0.2) is 4.79 Å². The zero-order valence-electron chi connectivity index (χ0n) is 17.5. The maximum Gasteiger partial charge on any atom is 0.414 e. The third-order valence-corrected chi connectivity index (χ3v) is 5.16. The molecule has 0 bridgehead atoms. The van der Waals surface area contributed by atoms with Crippen molar-refractivity contribution >= 4 is 17.6 Å². The molecule has 162 valence electrons. The fourth-order valence-electron chi connectivity index (χ4n) is 3.57. The zero-order chi connectivity index (χ0) is 22.1. The van der Waals surface area contributed by atoms with E-state index in [1.54, 1.807) is 24.2 Å². The maximum absolute atomic E-state index is 12.4. The number of anilines is 2. The predicted molar refractivity (Wildman–Crippen MR) is 115 cm³/mol. The van der Waals surface area contributed by atoms with Crippen molar-refractivity contribution in [1.82, 2.24) is 30.3 Å². The normalized spacial score (nSPS) is 15.8. The smallest absolute Gasteiger partial charge is 0.414 e. The first kappa shape index (κ1) is 19.7. The van der Waals surface area contributed by atoms with Crippen LogP contribution < -0.4 is 10.2 Å². The molecule has 0 saturated carbocycles. The van der Waals surface area contributed by atoms with E-state index < -0.39 is 0 Å². The quantitative estimate of drug-likeness (QED) is 0.489. The van der Waals surface area contributed by atoms with Crippen molar-refractivity contribution in [2.45, 2.75) is 13.0 Å². The van der Waals surface area contributed by atoms with Crippen LogP contribution in [0.4, 0.5) is 16.3 Å². The van der Waals surface area contributed by atoms with Crippen LogP contribution in [0, 0.1) is 6.92 Å². The van der Waals surface area contributed by atoms with Crippen LogP contribution in [0.3, 0.4) is 0 Å². The van der Waals surface area contributed by atoms with Crippen molar-refractivity contribution in [3.63, 3.8) is 0 Å². The lowest BCUT2D eigenvalue weighted by Gasteiger charge is -2.16. The number of rotatable bonds is 6. The fraction of sp³-hybridized carbons (Fsp3) is 0.238. The van der Waals surface area contributed by atoms with Gasteiger partial charge < -0.3 is 14.6 Å². The maximum atomic E-state index is 12.4. The zero-order valence-corrected chi connectivity index (χ0v) is 17.5. The third kappa shape index (κ3) is 3.87. The lowest BCUT2D eigenvalue weighted by atomic mass is 10.0. The van der Waals surface area contributed by atoms with Gasteiger partial charge >= 0.3 is 6.09 Å². The minimum Gasteiger partial charge on any atom is -0.442 e. The summed E-state index contributed by atoms with van der Waals surface area (Å²) in [6.07, 6.45) is 2.61. The largest absolute Gasteiger partial charge is 0.442 e. The SMILES string of the molecule is Cc1cc(N2C[C@H](CNc3ccon3)OC2=O)ccc1-c1ccc(-c2nnn(C)n2)nc1. The summed E-state index contributed by atoms with van der Waals surface area (Å²) >= 11 is 0. The number of amides is 1. The molecular formula is C21H20N8O3. The van der Waals surface area contributed by atoms with Crippen molar-refractivity contribution in [3.8, 4) is 22.6 Å². The monoisotopic (exact) mass is 432 g/mol. The number of hydrogen-bond acceptors (Lipinski definition) is 9. The average molecular weight is 432 g/mol. The lowest BCUT2D eigenvalue weighted by Crippen LogP contribution is -2.27. The Balaban J connectivity index is 1.29. The summed E-state index contributed by atoms with van der Waals surface area (Å²) in [6, 6.07) is 11.4. The van der Waals surface area contributed by atoms with E-state index in [4.69, 9.17) is 9.26 Å². The fourth-order valence-corrected chi connectivity index (χ4v) is 3.57. The van der Waals surface area contributed by atoms with Gasteiger partial charge in [-0.1, -0.05) is 17.3 Å². The number of aromatic nitrogens is 6. The first-order valence-electron chi connectivity index (χ1n) is 10.0. The van der Waals surface area contributed by atoms with Crippen molar-refractivity contribution in [2.24, 2.45) is 7.05 Å². The van der Waals surface area contributed by atoms with E-state index >= 15 is 0 Å².